The molecule has 2 heterocycles. The van der Waals surface area contributed by atoms with E-state index in [2.05, 4.69) is 4.90 Å². The largest absolute Gasteiger partial charge is 0.468 e. The first-order valence-electron chi connectivity index (χ1n) is 5.86. The van der Waals surface area contributed by atoms with E-state index in [0.29, 0.717) is 6.04 Å². The quantitative estimate of drug-likeness (QED) is 0.822. The van der Waals surface area contributed by atoms with Crippen molar-refractivity contribution in [3.05, 3.63) is 24.2 Å². The predicted molar refractivity (Wildman–Crippen MR) is 60.4 cm³/mol. The summed E-state index contributed by atoms with van der Waals surface area (Å²) in [5.74, 6) is 1.07. The Morgan fingerprint density at radius 3 is 3.13 bits per heavy atom. The molecule has 0 aromatic carbocycles. The fraction of sp³-hybridized carbons (Fsp3) is 0.667. The van der Waals surface area contributed by atoms with Gasteiger partial charge in [-0.3, -0.25) is 4.90 Å². The van der Waals surface area contributed by atoms with Gasteiger partial charge in [0.15, 0.2) is 0 Å². The Labute approximate surface area is 91.2 Å². The van der Waals surface area contributed by atoms with E-state index in [1.54, 1.807) is 6.26 Å². The molecule has 0 spiro atoms. The van der Waals surface area contributed by atoms with Crippen LogP contribution in [-0.4, -0.2) is 24.0 Å². The molecule has 0 bridgehead atoms. The molecule has 1 unspecified atom stereocenters. The van der Waals surface area contributed by atoms with E-state index >= 15 is 0 Å². The first-order chi connectivity index (χ1) is 7.40. The van der Waals surface area contributed by atoms with Gasteiger partial charge in [-0.1, -0.05) is 6.42 Å². The minimum Gasteiger partial charge on any atom is -0.468 e. The average Bonchev–Trinajstić information content (AvgIpc) is 2.74. The van der Waals surface area contributed by atoms with Crippen LogP contribution in [-0.2, 0) is 6.54 Å². The lowest BCUT2D eigenvalue weighted by molar-refractivity contribution is 0.124. The molecule has 1 aromatic rings. The molecule has 3 nitrogen and oxygen atoms in total. The summed E-state index contributed by atoms with van der Waals surface area (Å²) in [6.45, 7) is 2.92. The van der Waals surface area contributed by atoms with E-state index in [1.165, 1.54) is 25.8 Å². The molecule has 84 valence electrons. The molecule has 0 aliphatic carbocycles. The van der Waals surface area contributed by atoms with Crippen LogP contribution < -0.4 is 5.73 Å². The maximum atomic E-state index is 5.64. The lowest BCUT2D eigenvalue weighted by Crippen LogP contribution is -2.39. The highest BCUT2D eigenvalue weighted by molar-refractivity contribution is 4.98. The van der Waals surface area contributed by atoms with E-state index in [-0.39, 0.29) is 0 Å². The Balaban J connectivity index is 1.92. The van der Waals surface area contributed by atoms with E-state index in [0.717, 1.165) is 25.3 Å². The Hall–Kier alpha value is -0.800. The smallest absolute Gasteiger partial charge is 0.117 e. The summed E-state index contributed by atoms with van der Waals surface area (Å²) in [5.41, 5.74) is 5.64. The molecule has 1 aromatic heterocycles. The summed E-state index contributed by atoms with van der Waals surface area (Å²) < 4.78 is 5.39. The minimum absolute atomic E-state index is 0.661. The summed E-state index contributed by atoms with van der Waals surface area (Å²) >= 11 is 0. The van der Waals surface area contributed by atoms with E-state index < -0.39 is 0 Å². The predicted octanol–water partition coefficient (Wildman–Crippen LogP) is 1.98. The molecule has 0 saturated carbocycles. The van der Waals surface area contributed by atoms with Crippen LogP contribution >= 0.6 is 0 Å². The average molecular weight is 208 g/mol. The Kier molecular flexibility index (Phi) is 3.80. The highest BCUT2D eigenvalue weighted by Crippen LogP contribution is 2.21. The molecular weight excluding hydrogens is 188 g/mol. The van der Waals surface area contributed by atoms with Crippen LogP contribution in [0, 0.1) is 0 Å². The molecule has 3 heteroatoms. The van der Waals surface area contributed by atoms with Crippen molar-refractivity contribution < 1.29 is 4.42 Å². The van der Waals surface area contributed by atoms with Crippen LogP contribution in [0.5, 0.6) is 0 Å². The van der Waals surface area contributed by atoms with Crippen LogP contribution in [0.15, 0.2) is 22.8 Å². The van der Waals surface area contributed by atoms with Crippen molar-refractivity contribution in [1.82, 2.24) is 4.90 Å². The second-order valence-electron chi connectivity index (χ2n) is 4.28. The molecule has 0 amide bonds. The highest BCUT2D eigenvalue weighted by atomic mass is 16.3. The number of rotatable bonds is 4. The van der Waals surface area contributed by atoms with Crippen molar-refractivity contribution in [1.29, 1.82) is 0 Å². The summed E-state index contributed by atoms with van der Waals surface area (Å²) in [6.07, 6.45) is 6.80. The zero-order valence-corrected chi connectivity index (χ0v) is 9.19. The molecular formula is C12H20N2O. The van der Waals surface area contributed by atoms with Crippen LogP contribution in [0.3, 0.4) is 0 Å². The van der Waals surface area contributed by atoms with Gasteiger partial charge >= 0.3 is 0 Å². The van der Waals surface area contributed by atoms with Crippen molar-refractivity contribution in [2.45, 2.75) is 38.3 Å². The standard InChI is InChI=1S/C12H20N2O/c13-7-6-11-4-1-2-8-14(11)10-12-5-3-9-15-12/h3,5,9,11H,1-2,4,6-8,10,13H2. The fourth-order valence-corrected chi connectivity index (χ4v) is 2.39. The van der Waals surface area contributed by atoms with Crippen molar-refractivity contribution >= 4 is 0 Å². The molecule has 1 saturated heterocycles. The third kappa shape index (κ3) is 2.83. The third-order valence-electron chi connectivity index (χ3n) is 3.19. The summed E-state index contributed by atoms with van der Waals surface area (Å²) in [6, 6.07) is 4.67. The molecule has 2 rings (SSSR count). The minimum atomic E-state index is 0.661. The Morgan fingerprint density at radius 2 is 2.40 bits per heavy atom. The van der Waals surface area contributed by atoms with Crippen LogP contribution in [0.4, 0.5) is 0 Å². The van der Waals surface area contributed by atoms with Gasteiger partial charge in [0, 0.05) is 6.04 Å². The summed E-state index contributed by atoms with van der Waals surface area (Å²) in [5, 5.41) is 0. The number of nitrogens with zero attached hydrogens (tertiary/aromatic N) is 1. The number of piperidine rings is 1. The van der Waals surface area contributed by atoms with Gasteiger partial charge in [-0.15, -0.1) is 0 Å². The summed E-state index contributed by atoms with van der Waals surface area (Å²) in [7, 11) is 0. The van der Waals surface area contributed by atoms with Gasteiger partial charge in [0.05, 0.1) is 12.8 Å². The van der Waals surface area contributed by atoms with E-state index in [4.69, 9.17) is 10.2 Å². The number of likely N-dealkylation sites (tertiary alicyclic amines) is 1. The monoisotopic (exact) mass is 208 g/mol. The van der Waals surface area contributed by atoms with Crippen LogP contribution in [0.25, 0.3) is 0 Å². The van der Waals surface area contributed by atoms with Gasteiger partial charge in [0.2, 0.25) is 0 Å². The maximum absolute atomic E-state index is 5.64. The number of nitrogens with two attached hydrogens (primary N) is 1. The number of hydrogen-bond acceptors (Lipinski definition) is 3. The summed E-state index contributed by atoms with van der Waals surface area (Å²) in [4.78, 5) is 2.51. The normalized spacial score (nSPS) is 23.1. The second kappa shape index (κ2) is 5.33. The molecule has 2 N–H and O–H groups in total. The highest BCUT2D eigenvalue weighted by Gasteiger charge is 2.22. The lowest BCUT2D eigenvalue weighted by Gasteiger charge is -2.34. The van der Waals surface area contributed by atoms with Gasteiger partial charge in [0.1, 0.15) is 5.76 Å². The molecule has 1 atom stereocenters. The first kappa shape index (κ1) is 10.7. The van der Waals surface area contributed by atoms with Crippen LogP contribution in [0.2, 0.25) is 0 Å². The van der Waals surface area contributed by atoms with Gasteiger partial charge in [-0.05, 0) is 44.5 Å². The zero-order chi connectivity index (χ0) is 10.5. The van der Waals surface area contributed by atoms with E-state index in [9.17, 15) is 0 Å². The van der Waals surface area contributed by atoms with Gasteiger partial charge in [-0.25, -0.2) is 0 Å². The molecule has 1 aliphatic heterocycles. The van der Waals surface area contributed by atoms with Crippen molar-refractivity contribution in [2.75, 3.05) is 13.1 Å². The zero-order valence-electron chi connectivity index (χ0n) is 9.19. The van der Waals surface area contributed by atoms with Gasteiger partial charge in [-0.2, -0.15) is 0 Å². The van der Waals surface area contributed by atoms with E-state index in [1.807, 2.05) is 12.1 Å². The molecule has 0 radical (unpaired) electrons. The molecule has 15 heavy (non-hydrogen) atoms. The van der Waals surface area contributed by atoms with Gasteiger partial charge < -0.3 is 10.2 Å². The first-order valence-corrected chi connectivity index (χ1v) is 5.86. The Morgan fingerprint density at radius 1 is 1.47 bits per heavy atom. The Bertz CT molecular complexity index is 269. The van der Waals surface area contributed by atoms with Crippen LogP contribution in [0.1, 0.15) is 31.4 Å². The third-order valence-corrected chi connectivity index (χ3v) is 3.19. The van der Waals surface area contributed by atoms with Gasteiger partial charge in [0.25, 0.3) is 0 Å². The second-order valence-corrected chi connectivity index (χ2v) is 4.28. The maximum Gasteiger partial charge on any atom is 0.117 e. The lowest BCUT2D eigenvalue weighted by atomic mass is 9.99. The van der Waals surface area contributed by atoms with Crippen molar-refractivity contribution in [2.24, 2.45) is 5.73 Å². The number of hydrogen-bond donors (Lipinski definition) is 1. The van der Waals surface area contributed by atoms with Crippen molar-refractivity contribution in [3.8, 4) is 0 Å². The SMILES string of the molecule is NCCC1CCCCN1Cc1ccco1. The number of furan rings is 1. The molecule has 1 aliphatic rings. The molecule has 1 fully saturated rings. The topological polar surface area (TPSA) is 42.4 Å². The van der Waals surface area contributed by atoms with Crippen molar-refractivity contribution in [3.63, 3.8) is 0 Å². The fourth-order valence-electron chi connectivity index (χ4n) is 2.39.